The maximum atomic E-state index is 12.2. The Balaban J connectivity index is 2.06. The summed E-state index contributed by atoms with van der Waals surface area (Å²) in [7, 11) is 0. The summed E-state index contributed by atoms with van der Waals surface area (Å²) in [5.41, 5.74) is 1.11. The van der Waals surface area contributed by atoms with Crippen LogP contribution in [0.2, 0.25) is 10.0 Å². The number of aliphatic hydroxyl groups is 1. The number of carbonyl (C=O) groups is 2. The molecule has 0 bridgehead atoms. The van der Waals surface area contributed by atoms with E-state index in [-0.39, 0.29) is 12.5 Å². The predicted molar refractivity (Wildman–Crippen MR) is 99.6 cm³/mol. The highest BCUT2D eigenvalue weighted by molar-refractivity contribution is 6.35. The lowest BCUT2D eigenvalue weighted by Gasteiger charge is -2.12. The summed E-state index contributed by atoms with van der Waals surface area (Å²) < 4.78 is 0. The number of halogens is 2. The molecule has 2 aromatic carbocycles. The third-order valence-electron chi connectivity index (χ3n) is 3.16. The lowest BCUT2D eigenvalue weighted by atomic mass is 10.1. The molecule has 0 aliphatic rings. The van der Waals surface area contributed by atoms with Crippen molar-refractivity contribution in [2.45, 2.75) is 6.42 Å². The summed E-state index contributed by atoms with van der Waals surface area (Å²) in [6.07, 6.45) is 0.456. The number of carbonyl (C=O) groups excluding carboxylic acids is 2. The Hall–Kier alpha value is -2.28. The van der Waals surface area contributed by atoms with Gasteiger partial charge in [0.2, 0.25) is 0 Å². The summed E-state index contributed by atoms with van der Waals surface area (Å²) in [5, 5.41) is 17.5. The minimum atomic E-state index is -0.533. The number of aliphatic hydroxyl groups excluding tert-OH is 1. The second kappa shape index (κ2) is 9.27. The number of hydrogen-bond acceptors (Lipinski definition) is 3. The lowest BCUT2D eigenvalue weighted by Crippen LogP contribution is -2.27. The average molecular weight is 382 g/mol. The van der Waals surface area contributed by atoms with Gasteiger partial charge in [0, 0.05) is 28.9 Å². The molecular weight excluding hydrogens is 365 g/mol. The van der Waals surface area contributed by atoms with Crippen LogP contribution in [0, 0.1) is 0 Å². The summed E-state index contributed by atoms with van der Waals surface area (Å²) in [6.45, 7) is 0.335. The third kappa shape index (κ3) is 5.94. The minimum absolute atomic E-state index is 0.00915. The zero-order valence-corrected chi connectivity index (χ0v) is 14.7. The summed E-state index contributed by atoms with van der Waals surface area (Å²) in [4.78, 5) is 24.3. The van der Waals surface area contributed by atoms with Crippen molar-refractivity contribution in [1.82, 2.24) is 5.32 Å². The molecule has 2 aromatic rings. The lowest BCUT2D eigenvalue weighted by molar-refractivity contribution is 0.0952. The predicted octanol–water partition coefficient (Wildman–Crippen LogP) is 3.75. The van der Waals surface area contributed by atoms with Gasteiger partial charge in [-0.2, -0.15) is 0 Å². The number of anilines is 2. The molecule has 6 nitrogen and oxygen atoms in total. The smallest absolute Gasteiger partial charge is 0.323 e. The Morgan fingerprint density at radius 3 is 2.36 bits per heavy atom. The van der Waals surface area contributed by atoms with Gasteiger partial charge in [-0.15, -0.1) is 0 Å². The number of para-hydroxylation sites is 1. The van der Waals surface area contributed by atoms with E-state index in [4.69, 9.17) is 28.3 Å². The molecule has 0 aromatic heterocycles. The van der Waals surface area contributed by atoms with Crippen molar-refractivity contribution in [2.24, 2.45) is 0 Å². The maximum absolute atomic E-state index is 12.2. The molecule has 3 amide bonds. The average Bonchev–Trinajstić information content (AvgIpc) is 2.54. The normalized spacial score (nSPS) is 10.2. The highest BCUT2D eigenvalue weighted by atomic mass is 35.5. The zero-order chi connectivity index (χ0) is 18.2. The largest absolute Gasteiger partial charge is 0.396 e. The molecule has 0 unspecified atom stereocenters. The highest BCUT2D eigenvalue weighted by Gasteiger charge is 2.13. The summed E-state index contributed by atoms with van der Waals surface area (Å²) >= 11 is 11.8. The topological polar surface area (TPSA) is 90.5 Å². The molecule has 0 fully saturated rings. The van der Waals surface area contributed by atoms with Gasteiger partial charge in [0.25, 0.3) is 5.91 Å². The van der Waals surface area contributed by atoms with Crippen molar-refractivity contribution >= 4 is 46.5 Å². The van der Waals surface area contributed by atoms with Crippen molar-refractivity contribution < 1.29 is 14.7 Å². The van der Waals surface area contributed by atoms with E-state index in [0.29, 0.717) is 39.9 Å². The van der Waals surface area contributed by atoms with Crippen molar-refractivity contribution in [2.75, 3.05) is 23.8 Å². The van der Waals surface area contributed by atoms with Crippen LogP contribution in [0.1, 0.15) is 16.8 Å². The number of amides is 3. The van der Waals surface area contributed by atoms with Gasteiger partial charge < -0.3 is 21.1 Å². The van der Waals surface area contributed by atoms with Gasteiger partial charge in [0.05, 0.1) is 11.3 Å². The Kier molecular flexibility index (Phi) is 7.06. The number of benzene rings is 2. The van der Waals surface area contributed by atoms with Gasteiger partial charge >= 0.3 is 6.03 Å². The van der Waals surface area contributed by atoms with E-state index in [1.807, 2.05) is 0 Å². The molecule has 0 radical (unpaired) electrons. The van der Waals surface area contributed by atoms with E-state index in [9.17, 15) is 9.59 Å². The highest BCUT2D eigenvalue weighted by Crippen LogP contribution is 2.23. The summed E-state index contributed by atoms with van der Waals surface area (Å²) in [5.74, 6) is -0.338. The first-order chi connectivity index (χ1) is 12.0. The van der Waals surface area contributed by atoms with Crippen molar-refractivity contribution in [1.29, 1.82) is 0 Å². The molecule has 0 saturated heterocycles. The first-order valence-corrected chi connectivity index (χ1v) is 8.27. The standard InChI is InChI=1S/C17H17Cl2N3O3/c18-11-8-12(19)10-13(9-11)21-17(25)22-15-5-2-1-4-14(15)16(24)20-6-3-7-23/h1-2,4-5,8-10,23H,3,6-7H2,(H,20,24)(H2,21,22,25). The molecule has 2 rings (SSSR count). The Bertz CT molecular complexity index is 748. The van der Waals surface area contributed by atoms with Crippen LogP contribution in [0.5, 0.6) is 0 Å². The van der Waals surface area contributed by atoms with Crippen molar-refractivity contribution in [3.05, 3.63) is 58.1 Å². The quantitative estimate of drug-likeness (QED) is 0.574. The fraction of sp³-hybridized carbons (Fsp3) is 0.176. The molecule has 0 spiro atoms. The Morgan fingerprint density at radius 1 is 1.00 bits per heavy atom. The molecule has 0 aliphatic heterocycles. The van der Waals surface area contributed by atoms with Gasteiger partial charge in [0.1, 0.15) is 0 Å². The summed E-state index contributed by atoms with van der Waals surface area (Å²) in [6, 6.07) is 10.7. The number of urea groups is 1. The van der Waals surface area contributed by atoms with Gasteiger partial charge in [-0.25, -0.2) is 4.79 Å². The molecule has 25 heavy (non-hydrogen) atoms. The third-order valence-corrected chi connectivity index (χ3v) is 3.60. The maximum Gasteiger partial charge on any atom is 0.323 e. The van der Waals surface area contributed by atoms with Crippen LogP contribution >= 0.6 is 23.2 Å². The Morgan fingerprint density at radius 2 is 1.68 bits per heavy atom. The van der Waals surface area contributed by atoms with E-state index in [0.717, 1.165) is 0 Å². The molecule has 0 saturated carbocycles. The number of rotatable bonds is 6. The van der Waals surface area contributed by atoms with E-state index in [1.165, 1.54) is 0 Å². The number of nitrogens with one attached hydrogen (secondary N) is 3. The molecule has 0 heterocycles. The zero-order valence-electron chi connectivity index (χ0n) is 13.2. The van der Waals surface area contributed by atoms with Crippen LogP contribution in [0.25, 0.3) is 0 Å². The molecule has 0 aliphatic carbocycles. The van der Waals surface area contributed by atoms with E-state index in [1.54, 1.807) is 42.5 Å². The second-order valence-electron chi connectivity index (χ2n) is 5.12. The first-order valence-electron chi connectivity index (χ1n) is 7.52. The SMILES string of the molecule is O=C(Nc1cc(Cl)cc(Cl)c1)Nc1ccccc1C(=O)NCCCO. The second-order valence-corrected chi connectivity index (χ2v) is 5.99. The molecular formula is C17H17Cl2N3O3. The fourth-order valence-electron chi connectivity index (χ4n) is 2.08. The van der Waals surface area contributed by atoms with Gasteiger partial charge in [0.15, 0.2) is 0 Å². The molecule has 132 valence electrons. The van der Waals surface area contributed by atoms with Crippen molar-refractivity contribution in [3.63, 3.8) is 0 Å². The minimum Gasteiger partial charge on any atom is -0.396 e. The molecule has 4 N–H and O–H groups in total. The first kappa shape index (κ1) is 19.1. The molecule has 0 atom stereocenters. The van der Waals surface area contributed by atoms with Crippen LogP contribution in [0.3, 0.4) is 0 Å². The van der Waals surface area contributed by atoms with Crippen LogP contribution in [-0.2, 0) is 0 Å². The van der Waals surface area contributed by atoms with Crippen LogP contribution in [0.15, 0.2) is 42.5 Å². The molecule has 8 heteroatoms. The fourth-order valence-corrected chi connectivity index (χ4v) is 2.60. The Labute approximate surface area is 155 Å². The van der Waals surface area contributed by atoms with E-state index < -0.39 is 6.03 Å². The van der Waals surface area contributed by atoms with Gasteiger partial charge in [-0.1, -0.05) is 35.3 Å². The van der Waals surface area contributed by atoms with E-state index >= 15 is 0 Å². The van der Waals surface area contributed by atoms with Crippen molar-refractivity contribution in [3.8, 4) is 0 Å². The monoisotopic (exact) mass is 381 g/mol. The van der Waals surface area contributed by atoms with E-state index in [2.05, 4.69) is 16.0 Å². The number of hydrogen-bond donors (Lipinski definition) is 4. The van der Waals surface area contributed by atoms with Gasteiger partial charge in [-0.3, -0.25) is 4.79 Å². The van der Waals surface area contributed by atoms with Crippen LogP contribution < -0.4 is 16.0 Å². The van der Waals surface area contributed by atoms with Gasteiger partial charge in [-0.05, 0) is 36.8 Å². The van der Waals surface area contributed by atoms with Crippen LogP contribution in [0.4, 0.5) is 16.2 Å². The van der Waals surface area contributed by atoms with Crippen LogP contribution in [-0.4, -0.2) is 30.2 Å².